The first-order valence-corrected chi connectivity index (χ1v) is 6.16. The molecule has 0 saturated heterocycles. The minimum absolute atomic E-state index is 0.00181. The van der Waals surface area contributed by atoms with E-state index in [0.29, 0.717) is 0 Å². The number of hydrogen-bond donors (Lipinski definition) is 1. The molecule has 17 heavy (non-hydrogen) atoms. The van der Waals surface area contributed by atoms with Crippen molar-refractivity contribution in [3.8, 4) is 0 Å². The van der Waals surface area contributed by atoms with Gasteiger partial charge in [0.05, 0.1) is 6.61 Å². The predicted molar refractivity (Wildman–Crippen MR) is 66.5 cm³/mol. The second kappa shape index (κ2) is 5.77. The molecule has 0 fully saturated rings. The second-order valence-electron chi connectivity index (χ2n) is 4.25. The highest BCUT2D eigenvalue weighted by Crippen LogP contribution is 2.23. The smallest absolute Gasteiger partial charge is 0.152 e. The van der Waals surface area contributed by atoms with Crippen LogP contribution in [0, 0.1) is 6.92 Å². The van der Waals surface area contributed by atoms with Crippen molar-refractivity contribution in [2.75, 3.05) is 13.2 Å². The molecule has 1 atom stereocenters. The molecule has 0 spiro atoms. The van der Waals surface area contributed by atoms with Gasteiger partial charge in [0.15, 0.2) is 5.82 Å². The third kappa shape index (κ3) is 3.03. The quantitative estimate of drug-likeness (QED) is 0.846. The van der Waals surface area contributed by atoms with E-state index in [1.165, 1.54) is 0 Å². The fraction of sp³-hybridized carbons (Fsp3) is 0.538. The number of rotatable bonds is 5. The maximum absolute atomic E-state index is 5.62. The summed E-state index contributed by atoms with van der Waals surface area (Å²) in [5.74, 6) is 1.75. The third-order valence-electron chi connectivity index (χ3n) is 2.67. The van der Waals surface area contributed by atoms with E-state index >= 15 is 0 Å². The molecule has 1 aromatic rings. The van der Waals surface area contributed by atoms with Gasteiger partial charge in [0.1, 0.15) is 11.8 Å². The molecule has 0 bridgehead atoms. The molecule has 0 saturated carbocycles. The van der Waals surface area contributed by atoms with Gasteiger partial charge in [-0.1, -0.05) is 6.92 Å². The third-order valence-corrected chi connectivity index (χ3v) is 2.67. The van der Waals surface area contributed by atoms with Crippen LogP contribution >= 0.6 is 0 Å². The first kappa shape index (κ1) is 12.0. The Labute approximate surface area is 102 Å². The summed E-state index contributed by atoms with van der Waals surface area (Å²) in [5.41, 5.74) is 1.07. The van der Waals surface area contributed by atoms with Crippen molar-refractivity contribution < 1.29 is 4.74 Å². The number of nitrogens with one attached hydrogen (secondary N) is 1. The Hall–Kier alpha value is -1.42. The highest BCUT2D eigenvalue weighted by molar-refractivity contribution is 5.16. The predicted octanol–water partition coefficient (Wildman–Crippen LogP) is 2.13. The van der Waals surface area contributed by atoms with E-state index in [-0.39, 0.29) is 6.04 Å². The summed E-state index contributed by atoms with van der Waals surface area (Å²) in [6.07, 6.45) is 7.87. The van der Waals surface area contributed by atoms with Crippen LogP contribution in [0.1, 0.15) is 37.2 Å². The van der Waals surface area contributed by atoms with Crippen LogP contribution in [0.5, 0.6) is 0 Å². The van der Waals surface area contributed by atoms with Gasteiger partial charge in [-0.2, -0.15) is 0 Å². The molecule has 4 heteroatoms. The largest absolute Gasteiger partial charge is 0.496 e. The van der Waals surface area contributed by atoms with Crippen LogP contribution in [0.25, 0.3) is 0 Å². The standard InChI is InChI=1S/C13H19N3O/c1-3-6-14-12(11-5-4-7-17-11)13-15-8-10(2)9-16-13/h5,8-9,12,14H,3-4,6-7H2,1-2H3. The molecule has 1 unspecified atom stereocenters. The lowest BCUT2D eigenvalue weighted by molar-refractivity contribution is 0.213. The zero-order chi connectivity index (χ0) is 12.1. The minimum Gasteiger partial charge on any atom is -0.496 e. The van der Waals surface area contributed by atoms with E-state index in [0.717, 1.165) is 43.1 Å². The van der Waals surface area contributed by atoms with Gasteiger partial charge in [-0.05, 0) is 31.5 Å². The van der Waals surface area contributed by atoms with Crippen molar-refractivity contribution >= 4 is 0 Å². The molecule has 2 heterocycles. The molecule has 0 aromatic carbocycles. The first-order chi connectivity index (χ1) is 8.31. The van der Waals surface area contributed by atoms with Gasteiger partial charge in [-0.25, -0.2) is 9.97 Å². The molecule has 92 valence electrons. The topological polar surface area (TPSA) is 47.0 Å². The molecule has 4 nitrogen and oxygen atoms in total. The van der Waals surface area contributed by atoms with Crippen molar-refractivity contribution in [2.45, 2.75) is 32.7 Å². The van der Waals surface area contributed by atoms with Gasteiger partial charge in [-0.3, -0.25) is 0 Å². The summed E-state index contributed by atoms with van der Waals surface area (Å²) < 4.78 is 5.62. The van der Waals surface area contributed by atoms with Crippen LogP contribution in [-0.2, 0) is 4.74 Å². The van der Waals surface area contributed by atoms with Gasteiger partial charge in [-0.15, -0.1) is 0 Å². The molecule has 1 aromatic heterocycles. The van der Waals surface area contributed by atoms with Crippen LogP contribution in [-0.4, -0.2) is 23.1 Å². The minimum atomic E-state index is -0.00181. The van der Waals surface area contributed by atoms with Crippen molar-refractivity contribution in [3.05, 3.63) is 35.6 Å². The molecular weight excluding hydrogens is 214 g/mol. The van der Waals surface area contributed by atoms with Gasteiger partial charge >= 0.3 is 0 Å². The zero-order valence-corrected chi connectivity index (χ0v) is 10.4. The molecule has 1 N–H and O–H groups in total. The molecule has 1 aliphatic heterocycles. The SMILES string of the molecule is CCCNC(C1=CCCO1)c1ncc(C)cn1. The lowest BCUT2D eigenvalue weighted by Crippen LogP contribution is -2.26. The molecule has 2 rings (SSSR count). The highest BCUT2D eigenvalue weighted by atomic mass is 16.5. The molecular formula is C13H19N3O. The van der Waals surface area contributed by atoms with Crippen molar-refractivity contribution in [2.24, 2.45) is 0 Å². The Balaban J connectivity index is 2.16. The van der Waals surface area contributed by atoms with Crippen LogP contribution in [0.4, 0.5) is 0 Å². The Morgan fingerprint density at radius 2 is 2.18 bits per heavy atom. The number of aryl methyl sites for hydroxylation is 1. The van der Waals surface area contributed by atoms with Crippen LogP contribution in [0.15, 0.2) is 24.2 Å². The summed E-state index contributed by atoms with van der Waals surface area (Å²) in [7, 11) is 0. The maximum Gasteiger partial charge on any atom is 0.152 e. The average molecular weight is 233 g/mol. The number of aromatic nitrogens is 2. The fourth-order valence-electron chi connectivity index (χ4n) is 1.80. The summed E-state index contributed by atoms with van der Waals surface area (Å²) in [6, 6.07) is -0.00181. The van der Waals surface area contributed by atoms with E-state index in [4.69, 9.17) is 4.74 Å². The molecule has 1 aliphatic rings. The van der Waals surface area contributed by atoms with Crippen LogP contribution in [0.2, 0.25) is 0 Å². The van der Waals surface area contributed by atoms with Gasteiger partial charge in [0, 0.05) is 18.8 Å². The van der Waals surface area contributed by atoms with Gasteiger partial charge in [0.25, 0.3) is 0 Å². The summed E-state index contributed by atoms with van der Waals surface area (Å²) in [6.45, 7) is 5.83. The lowest BCUT2D eigenvalue weighted by atomic mass is 10.2. The zero-order valence-electron chi connectivity index (χ0n) is 10.4. The second-order valence-corrected chi connectivity index (χ2v) is 4.25. The molecule has 0 aliphatic carbocycles. The normalized spacial score (nSPS) is 16.5. The lowest BCUT2D eigenvalue weighted by Gasteiger charge is -2.18. The summed E-state index contributed by atoms with van der Waals surface area (Å²) in [4.78, 5) is 8.76. The van der Waals surface area contributed by atoms with Gasteiger partial charge < -0.3 is 10.1 Å². The van der Waals surface area contributed by atoms with Crippen molar-refractivity contribution in [1.82, 2.24) is 15.3 Å². The molecule has 0 radical (unpaired) electrons. The Bertz CT molecular complexity index is 386. The Morgan fingerprint density at radius 3 is 2.76 bits per heavy atom. The summed E-state index contributed by atoms with van der Waals surface area (Å²) in [5, 5.41) is 3.43. The van der Waals surface area contributed by atoms with Gasteiger partial charge in [0.2, 0.25) is 0 Å². The monoisotopic (exact) mass is 233 g/mol. The average Bonchev–Trinajstić information content (AvgIpc) is 2.85. The Morgan fingerprint density at radius 1 is 1.41 bits per heavy atom. The van der Waals surface area contributed by atoms with E-state index in [1.54, 1.807) is 0 Å². The van der Waals surface area contributed by atoms with E-state index in [2.05, 4.69) is 28.3 Å². The van der Waals surface area contributed by atoms with Crippen molar-refractivity contribution in [1.29, 1.82) is 0 Å². The number of nitrogens with zero attached hydrogens (tertiary/aromatic N) is 2. The van der Waals surface area contributed by atoms with Crippen molar-refractivity contribution in [3.63, 3.8) is 0 Å². The van der Waals surface area contributed by atoms with Crippen LogP contribution < -0.4 is 5.32 Å². The maximum atomic E-state index is 5.62. The number of hydrogen-bond acceptors (Lipinski definition) is 4. The molecule has 0 amide bonds. The Kier molecular flexibility index (Phi) is 4.09. The van der Waals surface area contributed by atoms with E-state index in [9.17, 15) is 0 Å². The highest BCUT2D eigenvalue weighted by Gasteiger charge is 2.22. The summed E-state index contributed by atoms with van der Waals surface area (Å²) >= 11 is 0. The first-order valence-electron chi connectivity index (χ1n) is 6.16. The van der Waals surface area contributed by atoms with E-state index < -0.39 is 0 Å². The number of ether oxygens (including phenoxy) is 1. The van der Waals surface area contributed by atoms with Crippen LogP contribution in [0.3, 0.4) is 0 Å². The van der Waals surface area contributed by atoms with E-state index in [1.807, 2.05) is 19.3 Å². The fourth-order valence-corrected chi connectivity index (χ4v) is 1.80.